The third kappa shape index (κ3) is 4.10. The monoisotopic (exact) mass is 400 g/mol. The number of esters is 1. The Hall–Kier alpha value is -3.86. The number of rotatable bonds is 4. The first-order valence-electron chi connectivity index (χ1n) is 9.49. The van der Waals surface area contributed by atoms with Gasteiger partial charge in [-0.25, -0.2) is 4.79 Å². The highest BCUT2D eigenvalue weighted by Gasteiger charge is 2.13. The first-order valence-corrected chi connectivity index (χ1v) is 9.49. The van der Waals surface area contributed by atoms with E-state index >= 15 is 0 Å². The van der Waals surface area contributed by atoms with Crippen LogP contribution in [0, 0.1) is 20.8 Å². The van der Waals surface area contributed by atoms with Gasteiger partial charge in [0.1, 0.15) is 23.3 Å². The lowest BCUT2D eigenvalue weighted by Gasteiger charge is -2.09. The van der Waals surface area contributed by atoms with E-state index in [-0.39, 0.29) is 11.2 Å². The number of ether oxygens (including phenoxy) is 2. The zero-order valence-electron chi connectivity index (χ0n) is 16.9. The van der Waals surface area contributed by atoms with Crippen molar-refractivity contribution >= 4 is 16.9 Å². The minimum Gasteiger partial charge on any atom is -0.460 e. The molecule has 0 aliphatic rings. The van der Waals surface area contributed by atoms with Crippen LogP contribution in [0.2, 0.25) is 0 Å². The largest absolute Gasteiger partial charge is 0.460 e. The normalized spacial score (nSPS) is 10.8. The van der Waals surface area contributed by atoms with Gasteiger partial charge < -0.3 is 13.9 Å². The molecule has 0 fully saturated rings. The van der Waals surface area contributed by atoms with Gasteiger partial charge in [0.25, 0.3) is 0 Å². The molecular formula is C25H20O5. The van der Waals surface area contributed by atoms with Crippen molar-refractivity contribution in [3.8, 4) is 17.2 Å². The second-order valence-corrected chi connectivity index (χ2v) is 7.27. The Bertz CT molecular complexity index is 1300. The number of carbonyl (C=O) groups excluding carboxylic acids is 1. The Morgan fingerprint density at radius 2 is 1.60 bits per heavy atom. The van der Waals surface area contributed by atoms with Crippen LogP contribution in [0.3, 0.4) is 0 Å². The van der Waals surface area contributed by atoms with E-state index in [2.05, 4.69) is 0 Å². The van der Waals surface area contributed by atoms with E-state index in [0.29, 0.717) is 28.0 Å². The maximum absolute atomic E-state index is 12.8. The quantitative estimate of drug-likeness (QED) is 0.323. The van der Waals surface area contributed by atoms with Crippen LogP contribution in [0.15, 0.2) is 76.1 Å². The van der Waals surface area contributed by atoms with Gasteiger partial charge in [-0.15, -0.1) is 0 Å². The lowest BCUT2D eigenvalue weighted by atomic mass is 10.1. The molecule has 5 heteroatoms. The number of benzene rings is 3. The summed E-state index contributed by atoms with van der Waals surface area (Å²) < 4.78 is 16.8. The summed E-state index contributed by atoms with van der Waals surface area (Å²) in [7, 11) is 0. The number of hydrogen-bond donors (Lipinski definition) is 0. The zero-order chi connectivity index (χ0) is 21.3. The van der Waals surface area contributed by atoms with Gasteiger partial charge in [0.05, 0.1) is 10.9 Å². The molecule has 0 radical (unpaired) electrons. The molecule has 150 valence electrons. The molecule has 5 nitrogen and oxygen atoms in total. The molecule has 3 aromatic carbocycles. The van der Waals surface area contributed by atoms with Crippen molar-refractivity contribution in [1.82, 2.24) is 0 Å². The number of aryl methyl sites for hydroxylation is 3. The highest BCUT2D eigenvalue weighted by molar-refractivity contribution is 5.91. The lowest BCUT2D eigenvalue weighted by molar-refractivity contribution is 0.0735. The first-order chi connectivity index (χ1) is 14.4. The van der Waals surface area contributed by atoms with Gasteiger partial charge >= 0.3 is 5.97 Å². The van der Waals surface area contributed by atoms with Crippen LogP contribution in [0.1, 0.15) is 27.0 Å². The maximum atomic E-state index is 12.8. The smallest absolute Gasteiger partial charge is 0.343 e. The van der Waals surface area contributed by atoms with Crippen LogP contribution >= 0.6 is 0 Å². The molecule has 0 amide bonds. The summed E-state index contributed by atoms with van der Waals surface area (Å²) in [6.45, 7) is 5.82. The molecule has 1 heterocycles. The molecule has 0 unspecified atom stereocenters. The molecule has 0 saturated carbocycles. The Morgan fingerprint density at radius 3 is 2.33 bits per heavy atom. The van der Waals surface area contributed by atoms with Gasteiger partial charge in [-0.3, -0.25) is 4.79 Å². The SMILES string of the molecule is Cc1cc(C)cc(Oc2coc3cc(OC(=O)c4cccc(C)c4)ccc3c2=O)c1. The van der Waals surface area contributed by atoms with Crippen LogP contribution in [0.4, 0.5) is 0 Å². The standard InChI is InChI=1S/C25H20O5/c1-15-5-4-6-18(10-15)25(27)30-19-7-8-21-22(13-19)28-14-23(24(21)26)29-20-11-16(2)9-17(3)12-20/h4-14H,1-3H3. The van der Waals surface area contributed by atoms with E-state index in [1.54, 1.807) is 30.3 Å². The van der Waals surface area contributed by atoms with Crippen LogP contribution < -0.4 is 14.9 Å². The van der Waals surface area contributed by atoms with E-state index in [1.807, 2.05) is 45.0 Å². The molecule has 30 heavy (non-hydrogen) atoms. The van der Waals surface area contributed by atoms with Gasteiger partial charge in [-0.05, 0) is 68.3 Å². The van der Waals surface area contributed by atoms with Crippen molar-refractivity contribution in [3.05, 3.63) is 99.4 Å². The van der Waals surface area contributed by atoms with E-state index in [1.165, 1.54) is 12.3 Å². The Kier molecular flexibility index (Phi) is 5.11. The minimum absolute atomic E-state index is 0.0944. The molecule has 0 spiro atoms. The Labute approximate surface area is 173 Å². The van der Waals surface area contributed by atoms with Crippen LogP contribution in [0.5, 0.6) is 17.2 Å². The average molecular weight is 400 g/mol. The molecular weight excluding hydrogens is 380 g/mol. The summed E-state index contributed by atoms with van der Waals surface area (Å²) in [5.41, 5.74) is 3.50. The van der Waals surface area contributed by atoms with Crippen molar-refractivity contribution in [3.63, 3.8) is 0 Å². The number of fused-ring (bicyclic) bond motifs is 1. The summed E-state index contributed by atoms with van der Waals surface area (Å²) >= 11 is 0. The molecule has 0 aliphatic heterocycles. The molecule has 0 bridgehead atoms. The van der Waals surface area contributed by atoms with Gasteiger partial charge in [0.15, 0.2) is 0 Å². The summed E-state index contributed by atoms with van der Waals surface area (Å²) in [5, 5.41) is 0.340. The fourth-order valence-electron chi connectivity index (χ4n) is 3.28. The maximum Gasteiger partial charge on any atom is 0.343 e. The third-order valence-electron chi connectivity index (χ3n) is 4.60. The minimum atomic E-state index is -0.477. The summed E-state index contributed by atoms with van der Waals surface area (Å²) in [6.07, 6.45) is 1.27. The van der Waals surface area contributed by atoms with Crippen LogP contribution in [-0.2, 0) is 0 Å². The molecule has 0 N–H and O–H groups in total. The Balaban J connectivity index is 1.61. The topological polar surface area (TPSA) is 65.7 Å². The van der Waals surface area contributed by atoms with Crippen molar-refractivity contribution in [2.75, 3.05) is 0 Å². The van der Waals surface area contributed by atoms with Gasteiger partial charge in [0, 0.05) is 6.07 Å². The van der Waals surface area contributed by atoms with Gasteiger partial charge in [0.2, 0.25) is 11.2 Å². The molecule has 0 saturated heterocycles. The van der Waals surface area contributed by atoms with Crippen molar-refractivity contribution < 1.29 is 18.7 Å². The molecule has 0 aliphatic carbocycles. The van der Waals surface area contributed by atoms with Crippen molar-refractivity contribution in [1.29, 1.82) is 0 Å². The molecule has 4 rings (SSSR count). The van der Waals surface area contributed by atoms with Crippen LogP contribution in [-0.4, -0.2) is 5.97 Å². The van der Waals surface area contributed by atoms with Crippen molar-refractivity contribution in [2.24, 2.45) is 0 Å². The predicted octanol–water partition coefficient (Wildman–Crippen LogP) is 5.73. The summed E-state index contributed by atoms with van der Waals surface area (Å²) in [4.78, 5) is 25.1. The highest BCUT2D eigenvalue weighted by atomic mass is 16.5. The van der Waals surface area contributed by atoms with E-state index in [4.69, 9.17) is 13.9 Å². The number of carbonyl (C=O) groups is 1. The summed E-state index contributed by atoms with van der Waals surface area (Å²) in [6, 6.07) is 17.5. The highest BCUT2D eigenvalue weighted by Crippen LogP contribution is 2.25. The summed E-state index contributed by atoms with van der Waals surface area (Å²) in [5.74, 6) is 0.482. The van der Waals surface area contributed by atoms with Crippen LogP contribution in [0.25, 0.3) is 11.0 Å². The third-order valence-corrected chi connectivity index (χ3v) is 4.60. The van der Waals surface area contributed by atoms with E-state index in [9.17, 15) is 9.59 Å². The zero-order valence-corrected chi connectivity index (χ0v) is 16.9. The van der Waals surface area contributed by atoms with Gasteiger partial charge in [-0.2, -0.15) is 0 Å². The van der Waals surface area contributed by atoms with Gasteiger partial charge in [-0.1, -0.05) is 23.8 Å². The second kappa shape index (κ2) is 7.87. The lowest BCUT2D eigenvalue weighted by Crippen LogP contribution is -2.09. The fourth-order valence-corrected chi connectivity index (χ4v) is 3.28. The Morgan fingerprint density at radius 1 is 0.833 bits per heavy atom. The average Bonchev–Trinajstić information content (AvgIpc) is 2.69. The predicted molar refractivity (Wildman–Crippen MR) is 115 cm³/mol. The second-order valence-electron chi connectivity index (χ2n) is 7.27. The van der Waals surface area contributed by atoms with Crippen molar-refractivity contribution in [2.45, 2.75) is 20.8 Å². The van der Waals surface area contributed by atoms with E-state index in [0.717, 1.165) is 16.7 Å². The molecule has 0 atom stereocenters. The first kappa shape index (κ1) is 19.5. The molecule has 4 aromatic rings. The molecule has 1 aromatic heterocycles. The number of hydrogen-bond acceptors (Lipinski definition) is 5. The fraction of sp³-hybridized carbons (Fsp3) is 0.120. The van der Waals surface area contributed by atoms with E-state index < -0.39 is 5.97 Å².